The predicted octanol–water partition coefficient (Wildman–Crippen LogP) is 1.96. The molecule has 3 aromatic rings. The number of carbonyl (C=O) groups excluding carboxylic acids is 2. The molecule has 1 atom stereocenters. The normalized spacial score (nSPS) is 14.5. The van der Waals surface area contributed by atoms with Crippen molar-refractivity contribution in [3.8, 4) is 10.7 Å². The van der Waals surface area contributed by atoms with E-state index in [-0.39, 0.29) is 18.5 Å². The Balaban J connectivity index is 1.44. The number of rotatable bonds is 7. The fourth-order valence-electron chi connectivity index (χ4n) is 2.50. The third kappa shape index (κ3) is 4.37. The number of nitrogens with one attached hydrogen (secondary N) is 1. The summed E-state index contributed by atoms with van der Waals surface area (Å²) < 4.78 is 5.45. The molecule has 8 nitrogen and oxygen atoms in total. The summed E-state index contributed by atoms with van der Waals surface area (Å²) >= 11 is 1.48. The number of tetrazole rings is 1. The molecule has 2 aromatic heterocycles. The first-order chi connectivity index (χ1) is 13.2. The van der Waals surface area contributed by atoms with Crippen molar-refractivity contribution in [2.24, 2.45) is 0 Å². The topological polar surface area (TPSA) is 99.0 Å². The Bertz CT molecular complexity index is 922. The molecule has 1 amide bonds. The highest BCUT2D eigenvalue weighted by Crippen LogP contribution is 2.23. The summed E-state index contributed by atoms with van der Waals surface area (Å²) in [5, 5.41) is 16.8. The zero-order chi connectivity index (χ0) is 18.6. The molecule has 1 saturated carbocycles. The first-order valence-corrected chi connectivity index (χ1v) is 9.43. The molecule has 0 bridgehead atoms. The minimum absolute atomic E-state index is 0.174. The number of carbonyl (C=O) groups is 2. The van der Waals surface area contributed by atoms with Crippen molar-refractivity contribution in [3.63, 3.8) is 0 Å². The lowest BCUT2D eigenvalue weighted by atomic mass is 10.1. The number of thiophene rings is 1. The molecule has 138 valence electrons. The van der Waals surface area contributed by atoms with Crippen molar-refractivity contribution >= 4 is 23.2 Å². The van der Waals surface area contributed by atoms with E-state index >= 15 is 0 Å². The summed E-state index contributed by atoms with van der Waals surface area (Å²) in [4.78, 5) is 26.9. The number of ether oxygens (including phenoxy) is 1. The van der Waals surface area contributed by atoms with Gasteiger partial charge in [-0.1, -0.05) is 36.4 Å². The van der Waals surface area contributed by atoms with Crippen molar-refractivity contribution in [1.82, 2.24) is 25.5 Å². The van der Waals surface area contributed by atoms with Crippen LogP contribution in [0.25, 0.3) is 10.7 Å². The zero-order valence-electron chi connectivity index (χ0n) is 14.3. The van der Waals surface area contributed by atoms with Crippen LogP contribution < -0.4 is 5.32 Å². The second kappa shape index (κ2) is 7.67. The van der Waals surface area contributed by atoms with E-state index in [1.54, 1.807) is 24.3 Å². The van der Waals surface area contributed by atoms with E-state index in [1.165, 1.54) is 11.3 Å². The van der Waals surface area contributed by atoms with Gasteiger partial charge in [0.1, 0.15) is 0 Å². The average Bonchev–Trinajstić information content (AvgIpc) is 3.13. The van der Waals surface area contributed by atoms with Gasteiger partial charge in [0, 0.05) is 11.6 Å². The second-order valence-corrected chi connectivity index (χ2v) is 7.13. The van der Waals surface area contributed by atoms with Gasteiger partial charge >= 0.3 is 5.97 Å². The molecule has 1 aromatic carbocycles. The molecule has 1 fully saturated rings. The van der Waals surface area contributed by atoms with E-state index in [1.807, 2.05) is 23.6 Å². The summed E-state index contributed by atoms with van der Waals surface area (Å²) in [6, 6.07) is 12.9. The van der Waals surface area contributed by atoms with Gasteiger partial charge in [-0.25, -0.2) is 4.79 Å². The quantitative estimate of drug-likeness (QED) is 0.626. The van der Waals surface area contributed by atoms with Crippen LogP contribution in [-0.2, 0) is 20.9 Å². The van der Waals surface area contributed by atoms with E-state index in [0.717, 1.165) is 22.5 Å². The lowest BCUT2D eigenvalue weighted by molar-refractivity contribution is -0.157. The largest absolute Gasteiger partial charge is 0.446 e. The Kier molecular flexibility index (Phi) is 4.93. The number of nitrogens with zero attached hydrogens (tertiary/aromatic N) is 4. The third-order valence-corrected chi connectivity index (χ3v) is 4.84. The molecule has 2 heterocycles. The third-order valence-electron chi connectivity index (χ3n) is 3.98. The van der Waals surface area contributed by atoms with Crippen LogP contribution >= 0.6 is 11.3 Å². The van der Waals surface area contributed by atoms with Crippen LogP contribution in [0.1, 0.15) is 24.5 Å². The first-order valence-electron chi connectivity index (χ1n) is 8.55. The van der Waals surface area contributed by atoms with Crippen LogP contribution in [0.3, 0.4) is 0 Å². The van der Waals surface area contributed by atoms with E-state index in [9.17, 15) is 9.59 Å². The number of hydrogen-bond donors (Lipinski definition) is 1. The Morgan fingerprint density at radius 2 is 2.04 bits per heavy atom. The maximum atomic E-state index is 12.5. The maximum absolute atomic E-state index is 12.5. The Morgan fingerprint density at radius 1 is 1.22 bits per heavy atom. The molecule has 1 aliphatic rings. The van der Waals surface area contributed by atoms with Gasteiger partial charge in [0.2, 0.25) is 11.9 Å². The summed E-state index contributed by atoms with van der Waals surface area (Å²) in [6.07, 6.45) is 0.907. The van der Waals surface area contributed by atoms with E-state index in [0.29, 0.717) is 11.4 Å². The van der Waals surface area contributed by atoms with E-state index in [2.05, 4.69) is 20.7 Å². The van der Waals surface area contributed by atoms with Gasteiger partial charge in [-0.2, -0.15) is 4.80 Å². The number of benzene rings is 1. The minimum Gasteiger partial charge on any atom is -0.446 e. The Hall–Kier alpha value is -3.07. The van der Waals surface area contributed by atoms with Crippen LogP contribution in [-0.4, -0.2) is 38.1 Å². The van der Waals surface area contributed by atoms with E-state index < -0.39 is 12.1 Å². The predicted molar refractivity (Wildman–Crippen MR) is 97.6 cm³/mol. The summed E-state index contributed by atoms with van der Waals surface area (Å²) in [6.45, 7) is -0.224. The number of hydrogen-bond acceptors (Lipinski definition) is 7. The van der Waals surface area contributed by atoms with Crippen molar-refractivity contribution in [3.05, 3.63) is 53.4 Å². The highest BCUT2D eigenvalue weighted by atomic mass is 32.1. The van der Waals surface area contributed by atoms with Crippen LogP contribution in [0.4, 0.5) is 0 Å². The number of aromatic nitrogens is 4. The lowest BCUT2D eigenvalue weighted by Gasteiger charge is -2.17. The highest BCUT2D eigenvalue weighted by molar-refractivity contribution is 7.13. The van der Waals surface area contributed by atoms with Gasteiger partial charge in [-0.15, -0.1) is 21.5 Å². The van der Waals surface area contributed by atoms with Crippen molar-refractivity contribution in [1.29, 1.82) is 0 Å². The standard InChI is InChI=1S/C18H17N5O3S/c24-15(11-23-21-17(20-22-23)14-7-4-10-27-14)26-16(12-5-2-1-3-6-12)18(25)19-13-8-9-13/h1-7,10,13,16H,8-9,11H2,(H,19,25)/t16-/m1/s1. The summed E-state index contributed by atoms with van der Waals surface area (Å²) in [7, 11) is 0. The molecule has 9 heteroatoms. The second-order valence-electron chi connectivity index (χ2n) is 6.18. The van der Waals surface area contributed by atoms with Crippen LogP contribution in [0.2, 0.25) is 0 Å². The van der Waals surface area contributed by atoms with Crippen LogP contribution in [0.5, 0.6) is 0 Å². The fourth-order valence-corrected chi connectivity index (χ4v) is 3.15. The molecule has 1 aliphatic carbocycles. The van der Waals surface area contributed by atoms with Gasteiger partial charge in [-0.3, -0.25) is 4.79 Å². The fraction of sp³-hybridized carbons (Fsp3) is 0.278. The molecule has 0 saturated heterocycles. The average molecular weight is 383 g/mol. The van der Waals surface area contributed by atoms with Crippen molar-refractivity contribution in [2.45, 2.75) is 31.5 Å². The first kappa shape index (κ1) is 17.3. The van der Waals surface area contributed by atoms with Gasteiger partial charge in [0.05, 0.1) is 4.88 Å². The summed E-state index contributed by atoms with van der Waals surface area (Å²) in [5.74, 6) is -0.475. The molecule has 0 spiro atoms. The zero-order valence-corrected chi connectivity index (χ0v) is 15.1. The van der Waals surface area contributed by atoms with Gasteiger partial charge in [0.15, 0.2) is 6.54 Å². The van der Waals surface area contributed by atoms with Gasteiger partial charge in [0.25, 0.3) is 5.91 Å². The number of esters is 1. The molecule has 27 heavy (non-hydrogen) atoms. The molecule has 1 N–H and O–H groups in total. The number of amides is 1. The smallest absolute Gasteiger partial charge is 0.330 e. The Morgan fingerprint density at radius 3 is 2.74 bits per heavy atom. The minimum atomic E-state index is -1.00. The van der Waals surface area contributed by atoms with Gasteiger partial charge < -0.3 is 10.1 Å². The molecule has 0 unspecified atom stereocenters. The van der Waals surface area contributed by atoms with Crippen molar-refractivity contribution < 1.29 is 14.3 Å². The maximum Gasteiger partial charge on any atom is 0.330 e. The van der Waals surface area contributed by atoms with Crippen LogP contribution in [0, 0.1) is 0 Å². The van der Waals surface area contributed by atoms with Gasteiger partial charge in [-0.05, 0) is 29.5 Å². The monoisotopic (exact) mass is 383 g/mol. The Labute approximate surface area is 159 Å². The summed E-state index contributed by atoms with van der Waals surface area (Å²) in [5.41, 5.74) is 0.620. The molecule has 0 aliphatic heterocycles. The molecular weight excluding hydrogens is 366 g/mol. The van der Waals surface area contributed by atoms with E-state index in [4.69, 9.17) is 4.74 Å². The molecule has 0 radical (unpaired) electrons. The van der Waals surface area contributed by atoms with Crippen molar-refractivity contribution in [2.75, 3.05) is 0 Å². The highest BCUT2D eigenvalue weighted by Gasteiger charge is 2.31. The lowest BCUT2D eigenvalue weighted by Crippen LogP contribution is -2.34. The van der Waals surface area contributed by atoms with Crippen LogP contribution in [0.15, 0.2) is 47.8 Å². The SMILES string of the molecule is O=C(Cn1nnc(-c2cccs2)n1)O[C@@H](C(=O)NC1CC1)c1ccccc1. The molecule has 4 rings (SSSR count). The molecular formula is C18H17N5O3S.